The van der Waals surface area contributed by atoms with E-state index < -0.39 is 11.7 Å². The summed E-state index contributed by atoms with van der Waals surface area (Å²) in [4.78, 5) is 26.2. The monoisotopic (exact) mass is 375 g/mol. The summed E-state index contributed by atoms with van der Waals surface area (Å²) in [6.45, 7) is 6.98. The largest absolute Gasteiger partial charge is 0.444 e. The first-order valence-electron chi connectivity index (χ1n) is 9.30. The Hall–Kier alpha value is -2.34. The minimum absolute atomic E-state index is 0.169. The molecule has 0 aliphatic rings. The minimum Gasteiger partial charge on any atom is -0.444 e. The van der Waals surface area contributed by atoms with Gasteiger partial charge in [-0.2, -0.15) is 0 Å². The zero-order valence-corrected chi connectivity index (χ0v) is 17.1. The lowest BCUT2D eigenvalue weighted by Crippen LogP contribution is -2.39. The number of amides is 2. The number of alkyl carbamates (subject to hydrolysis) is 1. The summed E-state index contributed by atoms with van der Waals surface area (Å²) in [5, 5.41) is 5.68. The molecule has 0 spiro atoms. The highest BCUT2D eigenvalue weighted by Crippen LogP contribution is 2.09. The van der Waals surface area contributed by atoms with Gasteiger partial charge in [0.2, 0.25) is 5.91 Å². The second kappa shape index (κ2) is 11.4. The van der Waals surface area contributed by atoms with Crippen LogP contribution in [0.5, 0.6) is 0 Å². The van der Waals surface area contributed by atoms with Crippen LogP contribution in [0.1, 0.15) is 32.8 Å². The Bertz CT molecular complexity index is 607. The molecule has 1 aromatic carbocycles. The van der Waals surface area contributed by atoms with Crippen molar-refractivity contribution >= 4 is 12.0 Å². The predicted molar refractivity (Wildman–Crippen MR) is 109 cm³/mol. The number of rotatable bonds is 9. The van der Waals surface area contributed by atoms with Gasteiger partial charge in [0.05, 0.1) is 6.04 Å². The van der Waals surface area contributed by atoms with Crippen LogP contribution in [0.4, 0.5) is 4.79 Å². The molecule has 0 bridgehead atoms. The lowest BCUT2D eigenvalue weighted by Gasteiger charge is -2.22. The first-order valence-corrected chi connectivity index (χ1v) is 9.30. The van der Waals surface area contributed by atoms with E-state index in [0.717, 1.165) is 18.5 Å². The Balaban J connectivity index is 2.64. The maximum atomic E-state index is 12.1. The molecule has 27 heavy (non-hydrogen) atoms. The molecule has 150 valence electrons. The Labute approximate surface area is 163 Å². The number of nitrogens with zero attached hydrogens (tertiary/aromatic N) is 1. The minimum atomic E-state index is -0.574. The predicted octanol–water partition coefficient (Wildman–Crippen LogP) is 2.75. The second-order valence-electron chi connectivity index (χ2n) is 7.75. The fourth-order valence-electron chi connectivity index (χ4n) is 2.36. The third-order valence-electron chi connectivity index (χ3n) is 3.56. The molecule has 0 unspecified atom stereocenters. The maximum Gasteiger partial charge on any atom is 0.408 e. The SMILES string of the molecule is CN(C)CCCNC(=O)/C=C/[C@@H](Cc1ccccc1)NC(=O)OC(C)(C)C. The van der Waals surface area contributed by atoms with E-state index in [2.05, 4.69) is 15.5 Å². The standard InChI is InChI=1S/C21H33N3O3/c1-21(2,3)27-20(26)23-18(16-17-10-7-6-8-11-17)12-13-19(25)22-14-9-15-24(4)5/h6-8,10-13,18H,9,14-16H2,1-5H3,(H,22,25)(H,23,26)/b13-12+/t18-/m0/s1. The van der Waals surface area contributed by atoms with Crippen LogP contribution < -0.4 is 10.6 Å². The molecule has 0 saturated carbocycles. The van der Waals surface area contributed by atoms with E-state index in [1.54, 1.807) is 6.08 Å². The van der Waals surface area contributed by atoms with Crippen molar-refractivity contribution in [1.29, 1.82) is 0 Å². The van der Waals surface area contributed by atoms with Crippen LogP contribution in [-0.4, -0.2) is 55.7 Å². The van der Waals surface area contributed by atoms with Gasteiger partial charge < -0.3 is 20.3 Å². The van der Waals surface area contributed by atoms with Crippen molar-refractivity contribution in [3.8, 4) is 0 Å². The summed E-state index contributed by atoms with van der Waals surface area (Å²) in [6.07, 6.45) is 4.14. The number of hydrogen-bond donors (Lipinski definition) is 2. The van der Waals surface area contributed by atoms with Crippen LogP contribution in [0.3, 0.4) is 0 Å². The van der Waals surface area contributed by atoms with Crippen molar-refractivity contribution in [3.63, 3.8) is 0 Å². The average Bonchev–Trinajstić information content (AvgIpc) is 2.55. The fourth-order valence-corrected chi connectivity index (χ4v) is 2.36. The van der Waals surface area contributed by atoms with Crippen molar-refractivity contribution in [2.24, 2.45) is 0 Å². The molecule has 2 N–H and O–H groups in total. The van der Waals surface area contributed by atoms with Gasteiger partial charge in [0.25, 0.3) is 0 Å². The van der Waals surface area contributed by atoms with E-state index in [0.29, 0.717) is 13.0 Å². The van der Waals surface area contributed by atoms with Crippen LogP contribution in [0.2, 0.25) is 0 Å². The van der Waals surface area contributed by atoms with Crippen LogP contribution in [0, 0.1) is 0 Å². The zero-order chi connectivity index (χ0) is 20.3. The summed E-state index contributed by atoms with van der Waals surface area (Å²) in [6, 6.07) is 9.46. The van der Waals surface area contributed by atoms with Gasteiger partial charge in [0, 0.05) is 12.6 Å². The van der Waals surface area contributed by atoms with Gasteiger partial charge in [-0.25, -0.2) is 4.79 Å². The van der Waals surface area contributed by atoms with E-state index in [-0.39, 0.29) is 11.9 Å². The highest BCUT2D eigenvalue weighted by Gasteiger charge is 2.18. The summed E-state index contributed by atoms with van der Waals surface area (Å²) < 4.78 is 5.33. The van der Waals surface area contributed by atoms with Crippen LogP contribution >= 0.6 is 0 Å². The van der Waals surface area contributed by atoms with Crippen molar-refractivity contribution < 1.29 is 14.3 Å². The summed E-state index contributed by atoms with van der Waals surface area (Å²) in [5.41, 5.74) is 0.490. The molecule has 0 heterocycles. The molecule has 0 aliphatic heterocycles. The molecule has 6 heteroatoms. The maximum absolute atomic E-state index is 12.1. The summed E-state index contributed by atoms with van der Waals surface area (Å²) >= 11 is 0. The Morgan fingerprint density at radius 2 is 1.85 bits per heavy atom. The Morgan fingerprint density at radius 1 is 1.19 bits per heavy atom. The molecule has 0 aliphatic carbocycles. The lowest BCUT2D eigenvalue weighted by molar-refractivity contribution is -0.116. The van der Waals surface area contributed by atoms with Gasteiger partial charge in [-0.05, 0) is 59.8 Å². The van der Waals surface area contributed by atoms with E-state index in [9.17, 15) is 9.59 Å². The number of carbonyl (C=O) groups excluding carboxylic acids is 2. The Kier molecular flexibility index (Phi) is 9.58. The molecule has 1 aromatic rings. The third kappa shape index (κ3) is 11.8. The van der Waals surface area contributed by atoms with Crippen LogP contribution in [0.25, 0.3) is 0 Å². The summed E-state index contributed by atoms with van der Waals surface area (Å²) in [7, 11) is 4.00. The highest BCUT2D eigenvalue weighted by molar-refractivity contribution is 5.87. The molecule has 6 nitrogen and oxygen atoms in total. The molecule has 0 aromatic heterocycles. The van der Waals surface area contributed by atoms with E-state index in [1.807, 2.05) is 65.2 Å². The van der Waals surface area contributed by atoms with Gasteiger partial charge in [-0.1, -0.05) is 36.4 Å². The van der Waals surface area contributed by atoms with Gasteiger partial charge in [-0.15, -0.1) is 0 Å². The molecule has 0 fully saturated rings. The third-order valence-corrected chi connectivity index (χ3v) is 3.56. The molecular weight excluding hydrogens is 342 g/mol. The molecule has 2 amide bonds. The summed E-state index contributed by atoms with van der Waals surface area (Å²) in [5.74, 6) is -0.169. The van der Waals surface area contributed by atoms with Crippen LogP contribution in [-0.2, 0) is 16.0 Å². The van der Waals surface area contributed by atoms with Crippen LogP contribution in [0.15, 0.2) is 42.5 Å². The van der Waals surface area contributed by atoms with Gasteiger partial charge in [0.1, 0.15) is 5.60 Å². The molecule has 1 atom stereocenters. The van der Waals surface area contributed by atoms with Crippen molar-refractivity contribution in [2.45, 2.75) is 45.3 Å². The van der Waals surface area contributed by atoms with Crippen molar-refractivity contribution in [1.82, 2.24) is 15.5 Å². The number of hydrogen-bond acceptors (Lipinski definition) is 4. The topological polar surface area (TPSA) is 70.7 Å². The van der Waals surface area contributed by atoms with Gasteiger partial charge in [-0.3, -0.25) is 4.79 Å². The number of benzene rings is 1. The number of ether oxygens (including phenoxy) is 1. The average molecular weight is 376 g/mol. The Morgan fingerprint density at radius 3 is 2.44 bits per heavy atom. The van der Waals surface area contributed by atoms with E-state index >= 15 is 0 Å². The second-order valence-corrected chi connectivity index (χ2v) is 7.75. The van der Waals surface area contributed by atoms with Gasteiger partial charge >= 0.3 is 6.09 Å². The number of nitrogens with one attached hydrogen (secondary N) is 2. The van der Waals surface area contributed by atoms with Crippen molar-refractivity contribution in [2.75, 3.05) is 27.2 Å². The molecular formula is C21H33N3O3. The molecule has 0 radical (unpaired) electrons. The first-order chi connectivity index (χ1) is 12.7. The molecule has 1 rings (SSSR count). The van der Waals surface area contributed by atoms with Crippen molar-refractivity contribution in [3.05, 3.63) is 48.0 Å². The lowest BCUT2D eigenvalue weighted by atomic mass is 10.1. The normalized spacial score (nSPS) is 12.8. The van der Waals surface area contributed by atoms with E-state index in [1.165, 1.54) is 6.08 Å². The fraction of sp³-hybridized carbons (Fsp3) is 0.524. The van der Waals surface area contributed by atoms with Gasteiger partial charge in [0.15, 0.2) is 0 Å². The first kappa shape index (κ1) is 22.7. The highest BCUT2D eigenvalue weighted by atomic mass is 16.6. The number of carbonyl (C=O) groups is 2. The quantitative estimate of drug-likeness (QED) is 0.514. The molecule has 0 saturated heterocycles. The smallest absolute Gasteiger partial charge is 0.408 e. The van der Waals surface area contributed by atoms with E-state index in [4.69, 9.17) is 4.74 Å². The zero-order valence-electron chi connectivity index (χ0n) is 17.1.